The first-order chi connectivity index (χ1) is 10.4. The molecule has 0 bridgehead atoms. The van der Waals surface area contributed by atoms with Crippen LogP contribution in [-0.4, -0.2) is 36.8 Å². The quantitative estimate of drug-likeness (QED) is 0.598. The van der Waals surface area contributed by atoms with Gasteiger partial charge in [-0.25, -0.2) is 4.79 Å². The zero-order valence-corrected chi connectivity index (χ0v) is 14.0. The molecule has 0 aromatic heterocycles. The van der Waals surface area contributed by atoms with Gasteiger partial charge in [0.05, 0.1) is 10.8 Å². The first-order valence-corrected chi connectivity index (χ1v) is 7.97. The van der Waals surface area contributed by atoms with E-state index in [1.165, 1.54) is 0 Å². The van der Waals surface area contributed by atoms with Crippen molar-refractivity contribution in [1.29, 1.82) is 0 Å². The molecule has 1 aromatic rings. The Morgan fingerprint density at radius 3 is 2.68 bits per heavy atom. The fraction of sp³-hybridized carbons (Fsp3) is 0.308. The van der Waals surface area contributed by atoms with Crippen molar-refractivity contribution < 1.29 is 19.1 Å². The van der Waals surface area contributed by atoms with Crippen LogP contribution in [0.25, 0.3) is 0 Å². The highest BCUT2D eigenvalue weighted by atomic mass is 35.5. The number of hydrogen-bond donors (Lipinski definition) is 2. The van der Waals surface area contributed by atoms with Crippen LogP contribution in [0.4, 0.5) is 4.79 Å². The number of urea groups is 1. The number of hydrogen-bond acceptors (Lipinski definition) is 5. The normalized spacial score (nSPS) is 9.95. The Hall–Kier alpha value is -1.44. The number of nitrogens with one attached hydrogen (secondary N) is 2. The molecule has 1 aromatic carbocycles. The van der Waals surface area contributed by atoms with Gasteiger partial charge in [-0.3, -0.25) is 14.9 Å². The fourth-order valence-electron chi connectivity index (χ4n) is 1.28. The van der Waals surface area contributed by atoms with Crippen LogP contribution in [0.2, 0.25) is 10.0 Å². The molecule has 0 saturated heterocycles. The van der Waals surface area contributed by atoms with E-state index in [-0.39, 0.29) is 5.75 Å². The van der Waals surface area contributed by atoms with Gasteiger partial charge < -0.3 is 10.1 Å². The van der Waals surface area contributed by atoms with E-state index in [4.69, 9.17) is 27.9 Å². The van der Waals surface area contributed by atoms with Crippen LogP contribution in [0.1, 0.15) is 6.92 Å². The molecular formula is C13H14Cl2N2O4S. The Balaban J connectivity index is 2.33. The lowest BCUT2D eigenvalue weighted by atomic mass is 10.4. The number of carbonyl (C=O) groups is 3. The van der Waals surface area contributed by atoms with E-state index in [9.17, 15) is 14.4 Å². The minimum absolute atomic E-state index is 0.0332. The molecule has 0 aliphatic heterocycles. The standard InChI is InChI=1S/C13H14Cl2N2O4S/c1-2-16-13(20)17-11(18)6-21-12(19)7-22-10-5-8(14)3-4-9(10)15/h3-5H,2,6-7H2,1H3,(H2,16,17,18,20). The van der Waals surface area contributed by atoms with Crippen LogP contribution >= 0.6 is 35.0 Å². The highest BCUT2D eigenvalue weighted by Gasteiger charge is 2.11. The van der Waals surface area contributed by atoms with E-state index in [2.05, 4.69) is 5.32 Å². The van der Waals surface area contributed by atoms with Crippen LogP contribution in [0.3, 0.4) is 0 Å². The molecular weight excluding hydrogens is 351 g/mol. The second-order valence-corrected chi connectivity index (χ2v) is 5.79. The molecule has 0 atom stereocenters. The number of amides is 3. The van der Waals surface area contributed by atoms with Crippen molar-refractivity contribution in [1.82, 2.24) is 10.6 Å². The lowest BCUT2D eigenvalue weighted by molar-refractivity contribution is -0.145. The zero-order chi connectivity index (χ0) is 16.5. The summed E-state index contributed by atoms with van der Waals surface area (Å²) < 4.78 is 4.75. The van der Waals surface area contributed by atoms with Gasteiger partial charge in [0.1, 0.15) is 0 Å². The minimum atomic E-state index is -0.704. The van der Waals surface area contributed by atoms with E-state index in [1.54, 1.807) is 25.1 Å². The molecule has 9 heteroatoms. The number of carbonyl (C=O) groups excluding carboxylic acids is 3. The van der Waals surface area contributed by atoms with Gasteiger partial charge in [0, 0.05) is 16.5 Å². The average Bonchev–Trinajstić information content (AvgIpc) is 2.46. The first kappa shape index (κ1) is 18.6. The van der Waals surface area contributed by atoms with Crippen molar-refractivity contribution in [2.24, 2.45) is 0 Å². The summed E-state index contributed by atoms with van der Waals surface area (Å²) in [6.07, 6.45) is 0. The Morgan fingerprint density at radius 2 is 2.00 bits per heavy atom. The summed E-state index contributed by atoms with van der Waals surface area (Å²) in [4.78, 5) is 34.5. The maximum atomic E-state index is 11.5. The van der Waals surface area contributed by atoms with Gasteiger partial charge in [-0.2, -0.15) is 0 Å². The third-order valence-corrected chi connectivity index (χ3v) is 3.90. The minimum Gasteiger partial charge on any atom is -0.455 e. The molecule has 6 nitrogen and oxygen atoms in total. The van der Waals surface area contributed by atoms with Crippen molar-refractivity contribution in [2.75, 3.05) is 18.9 Å². The summed E-state index contributed by atoms with van der Waals surface area (Å²) in [6, 6.07) is 4.25. The topological polar surface area (TPSA) is 84.5 Å². The molecule has 0 saturated carbocycles. The second kappa shape index (κ2) is 9.55. The van der Waals surface area contributed by atoms with Crippen molar-refractivity contribution in [3.8, 4) is 0 Å². The van der Waals surface area contributed by atoms with E-state index >= 15 is 0 Å². The number of thioether (sulfide) groups is 1. The zero-order valence-electron chi connectivity index (χ0n) is 11.7. The van der Waals surface area contributed by atoms with E-state index in [1.807, 2.05) is 5.32 Å². The van der Waals surface area contributed by atoms with E-state index < -0.39 is 24.5 Å². The molecule has 0 radical (unpaired) electrons. The van der Waals surface area contributed by atoms with Crippen molar-refractivity contribution >= 4 is 52.9 Å². The predicted octanol–water partition coefficient (Wildman–Crippen LogP) is 2.47. The van der Waals surface area contributed by atoms with Crippen LogP contribution in [0, 0.1) is 0 Å². The molecule has 0 spiro atoms. The monoisotopic (exact) mass is 364 g/mol. The van der Waals surface area contributed by atoms with E-state index in [0.29, 0.717) is 21.5 Å². The Morgan fingerprint density at radius 1 is 1.27 bits per heavy atom. The molecule has 0 heterocycles. The van der Waals surface area contributed by atoms with Gasteiger partial charge in [-0.05, 0) is 25.1 Å². The van der Waals surface area contributed by atoms with Crippen LogP contribution in [-0.2, 0) is 14.3 Å². The maximum absolute atomic E-state index is 11.5. The molecule has 0 unspecified atom stereocenters. The molecule has 0 aliphatic carbocycles. The highest BCUT2D eigenvalue weighted by Crippen LogP contribution is 2.29. The summed E-state index contributed by atoms with van der Waals surface area (Å²) in [7, 11) is 0. The summed E-state index contributed by atoms with van der Waals surface area (Å²) in [5.74, 6) is -1.34. The first-order valence-electron chi connectivity index (χ1n) is 6.23. The second-order valence-electron chi connectivity index (χ2n) is 3.93. The smallest absolute Gasteiger partial charge is 0.321 e. The van der Waals surface area contributed by atoms with Gasteiger partial charge in [-0.15, -0.1) is 11.8 Å². The summed E-state index contributed by atoms with van der Waals surface area (Å²) in [5, 5.41) is 5.36. The molecule has 0 fully saturated rings. The molecule has 0 aliphatic rings. The Bertz CT molecular complexity index is 569. The van der Waals surface area contributed by atoms with Gasteiger partial charge in [0.25, 0.3) is 5.91 Å². The number of esters is 1. The summed E-state index contributed by atoms with van der Waals surface area (Å²) in [6.45, 7) is 1.57. The number of rotatable bonds is 6. The summed E-state index contributed by atoms with van der Waals surface area (Å²) in [5.41, 5.74) is 0. The van der Waals surface area contributed by atoms with Gasteiger partial charge in [0.2, 0.25) is 0 Å². The molecule has 22 heavy (non-hydrogen) atoms. The SMILES string of the molecule is CCNC(=O)NC(=O)COC(=O)CSc1cc(Cl)ccc1Cl. The average molecular weight is 365 g/mol. The Labute approximate surface area is 141 Å². The lowest BCUT2D eigenvalue weighted by Gasteiger charge is -2.07. The largest absolute Gasteiger partial charge is 0.455 e. The van der Waals surface area contributed by atoms with Crippen molar-refractivity contribution in [2.45, 2.75) is 11.8 Å². The van der Waals surface area contributed by atoms with Crippen LogP contribution in [0.5, 0.6) is 0 Å². The molecule has 120 valence electrons. The number of imide groups is 1. The molecule has 3 amide bonds. The number of ether oxygens (including phenoxy) is 1. The molecule has 1 rings (SSSR count). The van der Waals surface area contributed by atoms with Crippen molar-refractivity contribution in [3.63, 3.8) is 0 Å². The number of halogens is 2. The van der Waals surface area contributed by atoms with Crippen LogP contribution < -0.4 is 10.6 Å². The van der Waals surface area contributed by atoms with E-state index in [0.717, 1.165) is 11.8 Å². The van der Waals surface area contributed by atoms with Gasteiger partial charge >= 0.3 is 12.0 Å². The Kier molecular flexibility index (Phi) is 8.08. The summed E-state index contributed by atoms with van der Waals surface area (Å²) >= 11 is 12.9. The number of benzene rings is 1. The highest BCUT2D eigenvalue weighted by molar-refractivity contribution is 8.00. The van der Waals surface area contributed by atoms with Crippen molar-refractivity contribution in [3.05, 3.63) is 28.2 Å². The van der Waals surface area contributed by atoms with Gasteiger partial charge in [-0.1, -0.05) is 23.2 Å². The molecule has 2 N–H and O–H groups in total. The third kappa shape index (κ3) is 7.02. The maximum Gasteiger partial charge on any atom is 0.321 e. The third-order valence-electron chi connectivity index (χ3n) is 2.19. The van der Waals surface area contributed by atoms with Gasteiger partial charge in [0.15, 0.2) is 6.61 Å². The fourth-order valence-corrected chi connectivity index (χ4v) is 2.57. The van der Waals surface area contributed by atoms with Crippen LogP contribution in [0.15, 0.2) is 23.1 Å². The predicted molar refractivity (Wildman–Crippen MR) is 85.4 cm³/mol. The lowest BCUT2D eigenvalue weighted by Crippen LogP contribution is -2.41.